The van der Waals surface area contributed by atoms with Gasteiger partial charge in [0.05, 0.1) is 17.2 Å². The molecule has 3 aromatic carbocycles. The van der Waals surface area contributed by atoms with Crippen LogP contribution in [-0.2, 0) is 14.8 Å². The maximum absolute atomic E-state index is 12.6. The quantitative estimate of drug-likeness (QED) is 0.429. The molecule has 162 valence electrons. The van der Waals surface area contributed by atoms with E-state index in [9.17, 15) is 13.2 Å². The lowest BCUT2D eigenvalue weighted by Gasteiger charge is -2.12. The molecule has 2 N–H and O–H groups in total. The minimum atomic E-state index is -3.78. The van der Waals surface area contributed by atoms with E-state index in [-0.39, 0.29) is 10.8 Å². The maximum atomic E-state index is 12.6. The molecule has 0 atom stereocenters. The second kappa shape index (κ2) is 10.3. The van der Waals surface area contributed by atoms with Crippen molar-refractivity contribution in [3.05, 3.63) is 83.4 Å². The van der Waals surface area contributed by atoms with Crippen LogP contribution < -0.4 is 14.8 Å². The number of benzene rings is 3. The summed E-state index contributed by atoms with van der Waals surface area (Å²) < 4.78 is 33.4. The monoisotopic (exact) mass is 458 g/mol. The van der Waals surface area contributed by atoms with E-state index < -0.39 is 10.0 Å². The van der Waals surface area contributed by atoms with Crippen LogP contribution in [0.1, 0.15) is 18.4 Å². The predicted octanol–water partition coefficient (Wildman–Crippen LogP) is 5.25. The van der Waals surface area contributed by atoms with Gasteiger partial charge in [-0.25, -0.2) is 8.42 Å². The maximum Gasteiger partial charge on any atom is 0.261 e. The van der Waals surface area contributed by atoms with E-state index in [2.05, 4.69) is 10.0 Å². The molecule has 31 heavy (non-hydrogen) atoms. The van der Waals surface area contributed by atoms with Gasteiger partial charge in [-0.1, -0.05) is 35.9 Å². The summed E-state index contributed by atoms with van der Waals surface area (Å²) in [6, 6.07) is 20.4. The van der Waals surface area contributed by atoms with Crippen LogP contribution in [-0.4, -0.2) is 20.9 Å². The van der Waals surface area contributed by atoms with Gasteiger partial charge in [0, 0.05) is 17.1 Å². The van der Waals surface area contributed by atoms with Crippen LogP contribution in [0.3, 0.4) is 0 Å². The Bertz CT molecular complexity index is 1130. The number of rotatable bonds is 9. The summed E-state index contributed by atoms with van der Waals surface area (Å²) in [7, 11) is -3.78. The molecule has 0 saturated carbocycles. The fourth-order valence-corrected chi connectivity index (χ4v) is 4.08. The Morgan fingerprint density at radius 1 is 1.00 bits per heavy atom. The number of anilines is 2. The smallest absolute Gasteiger partial charge is 0.261 e. The highest BCUT2D eigenvalue weighted by molar-refractivity contribution is 7.92. The molecule has 0 radical (unpaired) electrons. The molecule has 8 heteroatoms. The first-order valence-electron chi connectivity index (χ1n) is 9.70. The molecule has 0 heterocycles. The van der Waals surface area contributed by atoms with Gasteiger partial charge in [-0.15, -0.1) is 0 Å². The third-order valence-electron chi connectivity index (χ3n) is 4.45. The van der Waals surface area contributed by atoms with Crippen LogP contribution in [0.2, 0.25) is 5.02 Å². The molecule has 0 aromatic heterocycles. The molecule has 3 aromatic rings. The normalized spacial score (nSPS) is 11.0. The number of carbonyl (C=O) groups is 1. The van der Waals surface area contributed by atoms with Crippen LogP contribution >= 0.6 is 11.6 Å². The Kier molecular flexibility index (Phi) is 7.55. The van der Waals surface area contributed by atoms with Gasteiger partial charge in [0.2, 0.25) is 5.91 Å². The summed E-state index contributed by atoms with van der Waals surface area (Å²) in [5, 5.41) is 3.20. The van der Waals surface area contributed by atoms with E-state index in [0.29, 0.717) is 35.8 Å². The average Bonchev–Trinajstić information content (AvgIpc) is 2.75. The highest BCUT2D eigenvalue weighted by Crippen LogP contribution is 2.24. The summed E-state index contributed by atoms with van der Waals surface area (Å²) in [5.74, 6) is 0.598. The van der Waals surface area contributed by atoms with Gasteiger partial charge in [-0.3, -0.25) is 9.52 Å². The van der Waals surface area contributed by atoms with Crippen molar-refractivity contribution in [3.63, 3.8) is 0 Å². The largest absolute Gasteiger partial charge is 0.494 e. The molecule has 0 unspecified atom stereocenters. The molecule has 0 fully saturated rings. The van der Waals surface area contributed by atoms with Crippen LogP contribution in [0.15, 0.2) is 77.7 Å². The average molecular weight is 459 g/mol. The molecule has 0 saturated heterocycles. The van der Waals surface area contributed by atoms with Crippen molar-refractivity contribution in [2.24, 2.45) is 0 Å². The fourth-order valence-electron chi connectivity index (χ4n) is 2.79. The van der Waals surface area contributed by atoms with Crippen molar-refractivity contribution in [2.45, 2.75) is 24.7 Å². The predicted molar refractivity (Wildman–Crippen MR) is 123 cm³/mol. The summed E-state index contributed by atoms with van der Waals surface area (Å²) >= 11 is 5.95. The number of sulfonamides is 1. The Balaban J connectivity index is 1.52. The third-order valence-corrected chi connectivity index (χ3v) is 6.07. The summed E-state index contributed by atoms with van der Waals surface area (Å²) in [5.41, 5.74) is 1.70. The van der Waals surface area contributed by atoms with Crippen molar-refractivity contribution >= 4 is 38.9 Å². The molecule has 3 rings (SSSR count). The minimum absolute atomic E-state index is 0.0844. The number of ether oxygens (including phenoxy) is 1. The zero-order chi connectivity index (χ0) is 22.3. The topological polar surface area (TPSA) is 84.5 Å². The van der Waals surface area contributed by atoms with Gasteiger partial charge in [-0.2, -0.15) is 0 Å². The lowest BCUT2D eigenvalue weighted by atomic mass is 10.2. The van der Waals surface area contributed by atoms with Gasteiger partial charge in [0.1, 0.15) is 5.75 Å². The molecule has 1 amide bonds. The number of hydrogen-bond donors (Lipinski definition) is 2. The van der Waals surface area contributed by atoms with Gasteiger partial charge in [0.15, 0.2) is 0 Å². The van der Waals surface area contributed by atoms with Crippen LogP contribution in [0, 0.1) is 6.92 Å². The van der Waals surface area contributed by atoms with Crippen molar-refractivity contribution < 1.29 is 17.9 Å². The standard InChI is InChI=1S/C23H23ClN2O4S/c1-17-9-10-18(24)16-22(17)26-31(28,29)21-13-11-19(12-14-21)25-23(27)8-5-15-30-20-6-3-2-4-7-20/h2-4,6-7,9-14,16,26H,5,8,15H2,1H3,(H,25,27). The Labute approximate surface area is 187 Å². The van der Waals surface area contributed by atoms with Gasteiger partial charge in [0.25, 0.3) is 10.0 Å². The van der Waals surface area contributed by atoms with Crippen LogP contribution in [0.25, 0.3) is 0 Å². The van der Waals surface area contributed by atoms with E-state index in [4.69, 9.17) is 16.3 Å². The second-order valence-electron chi connectivity index (χ2n) is 6.90. The number of amides is 1. The zero-order valence-corrected chi connectivity index (χ0v) is 18.5. The van der Waals surface area contributed by atoms with Crippen molar-refractivity contribution in [1.82, 2.24) is 0 Å². The first-order valence-corrected chi connectivity index (χ1v) is 11.6. The summed E-state index contributed by atoms with van der Waals surface area (Å²) in [4.78, 5) is 12.2. The minimum Gasteiger partial charge on any atom is -0.494 e. The Morgan fingerprint density at radius 2 is 1.71 bits per heavy atom. The summed E-state index contributed by atoms with van der Waals surface area (Å²) in [6.45, 7) is 2.22. The molecular weight excluding hydrogens is 436 g/mol. The first kappa shape index (κ1) is 22.7. The lowest BCUT2D eigenvalue weighted by molar-refractivity contribution is -0.116. The van der Waals surface area contributed by atoms with Gasteiger partial charge < -0.3 is 10.1 Å². The van der Waals surface area contributed by atoms with Gasteiger partial charge >= 0.3 is 0 Å². The lowest BCUT2D eigenvalue weighted by Crippen LogP contribution is -2.15. The van der Waals surface area contributed by atoms with E-state index in [1.807, 2.05) is 30.3 Å². The second-order valence-corrected chi connectivity index (χ2v) is 9.02. The SMILES string of the molecule is Cc1ccc(Cl)cc1NS(=O)(=O)c1ccc(NC(=O)CCCOc2ccccc2)cc1. The van der Waals surface area contributed by atoms with Crippen molar-refractivity contribution in [3.8, 4) is 5.75 Å². The molecule has 0 aliphatic heterocycles. The Hall–Kier alpha value is -3.03. The molecular formula is C23H23ClN2O4S. The molecule has 0 aliphatic rings. The molecule has 0 aliphatic carbocycles. The number of nitrogens with one attached hydrogen (secondary N) is 2. The van der Waals surface area contributed by atoms with E-state index in [1.54, 1.807) is 37.3 Å². The number of hydrogen-bond acceptors (Lipinski definition) is 4. The zero-order valence-electron chi connectivity index (χ0n) is 17.0. The van der Waals surface area contributed by atoms with E-state index in [1.165, 1.54) is 12.1 Å². The first-order chi connectivity index (χ1) is 14.8. The van der Waals surface area contributed by atoms with Crippen LogP contribution in [0.4, 0.5) is 11.4 Å². The molecule has 0 spiro atoms. The number of para-hydroxylation sites is 1. The highest BCUT2D eigenvalue weighted by atomic mass is 35.5. The van der Waals surface area contributed by atoms with Gasteiger partial charge in [-0.05, 0) is 67.4 Å². The number of carbonyl (C=O) groups excluding carboxylic acids is 1. The fraction of sp³-hybridized carbons (Fsp3) is 0.174. The Morgan fingerprint density at radius 3 is 2.42 bits per heavy atom. The van der Waals surface area contributed by atoms with E-state index >= 15 is 0 Å². The molecule has 6 nitrogen and oxygen atoms in total. The van der Waals surface area contributed by atoms with Crippen molar-refractivity contribution in [1.29, 1.82) is 0 Å². The number of aryl methyl sites for hydroxylation is 1. The van der Waals surface area contributed by atoms with E-state index in [0.717, 1.165) is 11.3 Å². The van der Waals surface area contributed by atoms with Crippen molar-refractivity contribution in [2.75, 3.05) is 16.6 Å². The third kappa shape index (κ3) is 6.73. The molecule has 0 bridgehead atoms. The summed E-state index contributed by atoms with van der Waals surface area (Å²) in [6.07, 6.45) is 0.860. The highest BCUT2D eigenvalue weighted by Gasteiger charge is 2.16. The van der Waals surface area contributed by atoms with Crippen LogP contribution in [0.5, 0.6) is 5.75 Å². The number of halogens is 1.